The van der Waals surface area contributed by atoms with Crippen LogP contribution in [0.4, 0.5) is 0 Å². The number of morpholine rings is 1. The summed E-state index contributed by atoms with van der Waals surface area (Å²) in [5.74, 6) is 0.704. The second-order valence-corrected chi connectivity index (χ2v) is 8.90. The standard InChI is InChI=1S/C24H25ClN2O3S/c25-20-7-9-21(10-8-20)30-17-18-3-5-19(6-4-18)24(28)26-16-22(23-2-1-15-31-23)27-11-13-29-14-12-27/h1-10,15,22H,11-14,16-17H2,(H,26,28)/p+1/t22-/m1/s1. The molecule has 5 nitrogen and oxygen atoms in total. The molecule has 0 spiro atoms. The van der Waals surface area contributed by atoms with Gasteiger partial charge in [0.25, 0.3) is 5.91 Å². The summed E-state index contributed by atoms with van der Waals surface area (Å²) in [5, 5.41) is 5.90. The van der Waals surface area contributed by atoms with Gasteiger partial charge in [-0.25, -0.2) is 0 Å². The molecule has 1 saturated heterocycles. The predicted octanol–water partition coefficient (Wildman–Crippen LogP) is 3.37. The molecule has 1 aliphatic heterocycles. The molecule has 1 atom stereocenters. The van der Waals surface area contributed by atoms with E-state index in [0.29, 0.717) is 23.7 Å². The average molecular weight is 458 g/mol. The fourth-order valence-electron chi connectivity index (χ4n) is 3.66. The average Bonchev–Trinajstić information content (AvgIpc) is 3.34. The molecule has 31 heavy (non-hydrogen) atoms. The summed E-state index contributed by atoms with van der Waals surface area (Å²) >= 11 is 7.64. The van der Waals surface area contributed by atoms with Crippen LogP contribution in [-0.4, -0.2) is 38.8 Å². The molecule has 0 aliphatic carbocycles. The van der Waals surface area contributed by atoms with Crippen molar-refractivity contribution < 1.29 is 19.2 Å². The van der Waals surface area contributed by atoms with Crippen molar-refractivity contribution in [1.82, 2.24) is 5.32 Å². The number of carbonyl (C=O) groups excluding carboxylic acids is 1. The molecule has 0 bridgehead atoms. The highest BCUT2D eigenvalue weighted by molar-refractivity contribution is 7.10. The Bertz CT molecular complexity index is 956. The Kier molecular flexibility index (Phi) is 7.59. The molecule has 1 amide bonds. The highest BCUT2D eigenvalue weighted by atomic mass is 35.5. The van der Waals surface area contributed by atoms with Crippen LogP contribution >= 0.6 is 22.9 Å². The van der Waals surface area contributed by atoms with E-state index in [4.69, 9.17) is 21.1 Å². The lowest BCUT2D eigenvalue weighted by atomic mass is 10.1. The van der Waals surface area contributed by atoms with Gasteiger partial charge in [-0.2, -0.15) is 0 Å². The van der Waals surface area contributed by atoms with Gasteiger partial charge in [0.1, 0.15) is 31.5 Å². The van der Waals surface area contributed by atoms with Crippen LogP contribution in [0.15, 0.2) is 66.0 Å². The zero-order chi connectivity index (χ0) is 21.5. The minimum absolute atomic E-state index is 0.0561. The van der Waals surface area contributed by atoms with Crippen LogP contribution in [0.1, 0.15) is 26.8 Å². The van der Waals surface area contributed by atoms with Crippen LogP contribution in [0.5, 0.6) is 5.75 Å². The summed E-state index contributed by atoms with van der Waals surface area (Å²) in [6, 6.07) is 19.3. The van der Waals surface area contributed by atoms with Gasteiger partial charge in [-0.05, 0) is 53.4 Å². The molecule has 1 fully saturated rings. The van der Waals surface area contributed by atoms with Gasteiger partial charge in [0.2, 0.25) is 0 Å². The summed E-state index contributed by atoms with van der Waals surface area (Å²) < 4.78 is 11.3. The predicted molar refractivity (Wildman–Crippen MR) is 123 cm³/mol. The highest BCUT2D eigenvalue weighted by Gasteiger charge is 2.27. The lowest BCUT2D eigenvalue weighted by Gasteiger charge is -2.31. The van der Waals surface area contributed by atoms with Crippen LogP contribution in [-0.2, 0) is 11.3 Å². The summed E-state index contributed by atoms with van der Waals surface area (Å²) in [6.07, 6.45) is 0. The molecule has 2 aromatic carbocycles. The quantitative estimate of drug-likeness (QED) is 0.545. The molecule has 0 saturated carbocycles. The Morgan fingerprint density at radius 3 is 2.52 bits per heavy atom. The van der Waals surface area contributed by atoms with Crippen molar-refractivity contribution >= 4 is 28.8 Å². The summed E-state index contributed by atoms with van der Waals surface area (Å²) in [6.45, 7) is 4.50. The number of carbonyl (C=O) groups is 1. The zero-order valence-corrected chi connectivity index (χ0v) is 18.8. The van der Waals surface area contributed by atoms with Crippen LogP contribution < -0.4 is 15.0 Å². The number of rotatable bonds is 8. The van der Waals surface area contributed by atoms with Crippen LogP contribution in [0.2, 0.25) is 5.02 Å². The molecule has 162 valence electrons. The third-order valence-electron chi connectivity index (χ3n) is 5.42. The Hall–Kier alpha value is -2.38. The minimum Gasteiger partial charge on any atom is -0.489 e. The first kappa shape index (κ1) is 21.8. The van der Waals surface area contributed by atoms with Crippen molar-refractivity contribution in [3.8, 4) is 5.75 Å². The van der Waals surface area contributed by atoms with Crippen molar-refractivity contribution in [3.63, 3.8) is 0 Å². The molecule has 0 radical (unpaired) electrons. The Labute approximate surface area is 191 Å². The summed E-state index contributed by atoms with van der Waals surface area (Å²) in [4.78, 5) is 15.5. The Morgan fingerprint density at radius 1 is 1.10 bits per heavy atom. The van der Waals surface area contributed by atoms with Gasteiger partial charge in [-0.15, -0.1) is 11.3 Å². The molecule has 2 N–H and O–H groups in total. The van der Waals surface area contributed by atoms with Crippen molar-refractivity contribution in [2.24, 2.45) is 0 Å². The first-order valence-electron chi connectivity index (χ1n) is 10.4. The largest absolute Gasteiger partial charge is 0.489 e. The minimum atomic E-state index is -0.0561. The van der Waals surface area contributed by atoms with Gasteiger partial charge in [0.15, 0.2) is 0 Å². The van der Waals surface area contributed by atoms with Crippen LogP contribution in [0.3, 0.4) is 0 Å². The SMILES string of the molecule is O=C(NC[C@H](c1cccs1)[NH+]1CCOCC1)c1ccc(COc2ccc(Cl)cc2)cc1. The second-order valence-electron chi connectivity index (χ2n) is 7.49. The molecule has 1 aliphatic rings. The number of ether oxygens (including phenoxy) is 2. The van der Waals surface area contributed by atoms with E-state index in [-0.39, 0.29) is 11.9 Å². The normalized spacial score (nSPS) is 15.4. The Balaban J connectivity index is 1.32. The van der Waals surface area contributed by atoms with E-state index in [1.54, 1.807) is 23.5 Å². The smallest absolute Gasteiger partial charge is 0.251 e. The molecule has 4 rings (SSSR count). The van der Waals surface area contributed by atoms with Gasteiger partial charge < -0.3 is 19.7 Å². The van der Waals surface area contributed by atoms with Crippen LogP contribution in [0, 0.1) is 0 Å². The molecule has 3 aromatic rings. The fraction of sp³-hybridized carbons (Fsp3) is 0.292. The molecule has 1 aromatic heterocycles. The molecule has 2 heterocycles. The van der Waals surface area contributed by atoms with Crippen molar-refractivity contribution in [2.45, 2.75) is 12.6 Å². The molecular formula is C24H26ClN2O3S+. The Morgan fingerprint density at radius 2 is 1.84 bits per heavy atom. The van der Waals surface area contributed by atoms with E-state index in [9.17, 15) is 4.79 Å². The van der Waals surface area contributed by atoms with Crippen molar-refractivity contribution in [2.75, 3.05) is 32.8 Å². The first-order valence-corrected chi connectivity index (χ1v) is 11.7. The van der Waals surface area contributed by atoms with E-state index in [0.717, 1.165) is 37.6 Å². The van der Waals surface area contributed by atoms with Gasteiger partial charge in [0.05, 0.1) is 24.6 Å². The highest BCUT2D eigenvalue weighted by Crippen LogP contribution is 2.18. The maximum absolute atomic E-state index is 12.7. The zero-order valence-electron chi connectivity index (χ0n) is 17.2. The van der Waals surface area contributed by atoms with E-state index < -0.39 is 0 Å². The maximum atomic E-state index is 12.7. The number of benzene rings is 2. The van der Waals surface area contributed by atoms with E-state index >= 15 is 0 Å². The lowest BCUT2D eigenvalue weighted by molar-refractivity contribution is -0.937. The van der Waals surface area contributed by atoms with Gasteiger partial charge in [0, 0.05) is 10.6 Å². The van der Waals surface area contributed by atoms with E-state index in [1.807, 2.05) is 36.4 Å². The number of hydrogen-bond acceptors (Lipinski definition) is 4. The summed E-state index contributed by atoms with van der Waals surface area (Å²) in [7, 11) is 0. The van der Waals surface area contributed by atoms with Crippen LogP contribution in [0.25, 0.3) is 0 Å². The number of halogens is 1. The number of amides is 1. The number of nitrogens with one attached hydrogen (secondary N) is 2. The molecular weight excluding hydrogens is 432 g/mol. The first-order chi connectivity index (χ1) is 15.2. The van der Waals surface area contributed by atoms with Gasteiger partial charge >= 0.3 is 0 Å². The topological polar surface area (TPSA) is 52.0 Å². The maximum Gasteiger partial charge on any atom is 0.251 e. The monoisotopic (exact) mass is 457 g/mol. The van der Waals surface area contributed by atoms with Gasteiger partial charge in [-0.1, -0.05) is 29.8 Å². The number of quaternary nitrogens is 1. The van der Waals surface area contributed by atoms with Gasteiger partial charge in [-0.3, -0.25) is 4.79 Å². The van der Waals surface area contributed by atoms with Crippen molar-refractivity contribution in [3.05, 3.63) is 87.1 Å². The third kappa shape index (κ3) is 6.08. The summed E-state index contributed by atoms with van der Waals surface area (Å²) in [5.41, 5.74) is 1.65. The van der Waals surface area contributed by atoms with E-state index in [1.165, 1.54) is 9.78 Å². The molecule has 0 unspecified atom stereocenters. The lowest BCUT2D eigenvalue weighted by Crippen LogP contribution is -3.15. The second kappa shape index (κ2) is 10.8. The number of hydrogen-bond donors (Lipinski definition) is 2. The number of thiophene rings is 1. The molecule has 7 heteroatoms. The third-order valence-corrected chi connectivity index (χ3v) is 6.65. The van der Waals surface area contributed by atoms with Crippen molar-refractivity contribution in [1.29, 1.82) is 0 Å². The fourth-order valence-corrected chi connectivity index (χ4v) is 4.68. The van der Waals surface area contributed by atoms with E-state index in [2.05, 4.69) is 22.8 Å².